The van der Waals surface area contributed by atoms with Gasteiger partial charge >= 0.3 is 0 Å². The van der Waals surface area contributed by atoms with Crippen LogP contribution in [0.2, 0.25) is 0 Å². The zero-order valence-corrected chi connectivity index (χ0v) is 9.31. The van der Waals surface area contributed by atoms with Gasteiger partial charge < -0.3 is 4.74 Å². The second kappa shape index (κ2) is 6.82. The highest BCUT2D eigenvalue weighted by atomic mass is 16.5. The molecule has 1 aromatic rings. The Bertz CT molecular complexity index is 328. The molecular weight excluding hydrogens is 186 g/mol. The van der Waals surface area contributed by atoms with Gasteiger partial charge in [0.2, 0.25) is 0 Å². The van der Waals surface area contributed by atoms with Crippen molar-refractivity contribution in [1.29, 1.82) is 0 Å². The Labute approximate surface area is 91.3 Å². The number of hydrogen-bond acceptors (Lipinski definition) is 2. The lowest BCUT2D eigenvalue weighted by Gasteiger charge is -2.05. The van der Waals surface area contributed by atoms with Crippen LogP contribution in [0.1, 0.15) is 19.4 Å². The fraction of sp³-hybridized carbons (Fsp3) is 0.308. The first-order valence-electron chi connectivity index (χ1n) is 5.19. The molecule has 2 nitrogen and oxygen atoms in total. The summed E-state index contributed by atoms with van der Waals surface area (Å²) in [4.78, 5) is 4.14. The molecule has 0 bridgehead atoms. The summed E-state index contributed by atoms with van der Waals surface area (Å²) in [7, 11) is 0. The zero-order valence-electron chi connectivity index (χ0n) is 9.31. The first-order valence-corrected chi connectivity index (χ1v) is 5.19. The van der Waals surface area contributed by atoms with Crippen molar-refractivity contribution in [2.24, 2.45) is 4.99 Å². The molecule has 2 heteroatoms. The van der Waals surface area contributed by atoms with Crippen molar-refractivity contribution in [3.05, 3.63) is 47.7 Å². The van der Waals surface area contributed by atoms with Crippen LogP contribution >= 0.6 is 0 Å². The molecule has 80 valence electrons. The van der Waals surface area contributed by atoms with E-state index < -0.39 is 0 Å². The minimum absolute atomic E-state index is 0.593. The first-order chi connectivity index (χ1) is 7.36. The predicted molar refractivity (Wildman–Crippen MR) is 64.0 cm³/mol. The second-order valence-corrected chi connectivity index (χ2v) is 3.09. The summed E-state index contributed by atoms with van der Waals surface area (Å²) in [6, 6.07) is 10.1. The number of benzene rings is 1. The van der Waals surface area contributed by atoms with Crippen molar-refractivity contribution in [3.63, 3.8) is 0 Å². The molecule has 0 heterocycles. The number of nitrogens with zero attached hydrogens (tertiary/aromatic N) is 1. The maximum absolute atomic E-state index is 5.59. The smallest absolute Gasteiger partial charge is 0.133 e. The van der Waals surface area contributed by atoms with Crippen molar-refractivity contribution in [3.8, 4) is 0 Å². The van der Waals surface area contributed by atoms with Gasteiger partial charge in [-0.15, -0.1) is 0 Å². The molecular formula is C13H17NO. The largest absolute Gasteiger partial charge is 0.488 e. The summed E-state index contributed by atoms with van der Waals surface area (Å²) in [5, 5.41) is 0. The molecule has 15 heavy (non-hydrogen) atoms. The monoisotopic (exact) mass is 203 g/mol. The van der Waals surface area contributed by atoms with Crippen molar-refractivity contribution >= 4 is 6.21 Å². The van der Waals surface area contributed by atoms with E-state index in [4.69, 9.17) is 4.74 Å². The molecule has 0 N–H and O–H groups in total. The zero-order chi connectivity index (χ0) is 10.9. The fourth-order valence-corrected chi connectivity index (χ4v) is 1.12. The van der Waals surface area contributed by atoms with Gasteiger partial charge in [-0.25, -0.2) is 0 Å². The summed E-state index contributed by atoms with van der Waals surface area (Å²) < 4.78 is 5.59. The van der Waals surface area contributed by atoms with Crippen molar-refractivity contribution in [1.82, 2.24) is 0 Å². The average molecular weight is 203 g/mol. The van der Waals surface area contributed by atoms with Crippen LogP contribution in [0.25, 0.3) is 0 Å². The van der Waals surface area contributed by atoms with Crippen LogP contribution in [-0.2, 0) is 11.3 Å². The van der Waals surface area contributed by atoms with Crippen LogP contribution < -0.4 is 0 Å². The van der Waals surface area contributed by atoms with Gasteiger partial charge in [0.25, 0.3) is 0 Å². The second-order valence-electron chi connectivity index (χ2n) is 3.09. The fourth-order valence-electron chi connectivity index (χ4n) is 1.12. The van der Waals surface area contributed by atoms with E-state index in [1.54, 1.807) is 6.21 Å². The van der Waals surface area contributed by atoms with Crippen molar-refractivity contribution in [2.75, 3.05) is 6.54 Å². The Morgan fingerprint density at radius 2 is 2.07 bits per heavy atom. The van der Waals surface area contributed by atoms with Crippen LogP contribution in [0.3, 0.4) is 0 Å². The molecule has 0 amide bonds. The number of hydrogen-bond donors (Lipinski definition) is 0. The molecule has 1 rings (SSSR count). The van der Waals surface area contributed by atoms with Crippen molar-refractivity contribution in [2.45, 2.75) is 20.5 Å². The lowest BCUT2D eigenvalue weighted by atomic mass is 10.2. The molecule has 0 aromatic heterocycles. The Morgan fingerprint density at radius 1 is 1.33 bits per heavy atom. The lowest BCUT2D eigenvalue weighted by Crippen LogP contribution is -1.95. The number of ether oxygens (including phenoxy) is 1. The lowest BCUT2D eigenvalue weighted by molar-refractivity contribution is 0.219. The summed E-state index contributed by atoms with van der Waals surface area (Å²) in [5.41, 5.74) is 1.17. The Balaban J connectivity index is 2.45. The van der Waals surface area contributed by atoms with E-state index in [1.807, 2.05) is 50.3 Å². The molecule has 0 saturated carbocycles. The maximum atomic E-state index is 5.59. The Kier molecular flexibility index (Phi) is 5.23. The van der Waals surface area contributed by atoms with Gasteiger partial charge in [0.15, 0.2) is 0 Å². The molecule has 0 radical (unpaired) electrons. The summed E-state index contributed by atoms with van der Waals surface area (Å²) in [5.74, 6) is 0.820. The average Bonchev–Trinajstić information content (AvgIpc) is 2.31. The molecule has 0 aliphatic carbocycles. The SMILES string of the molecule is C/C=C(\C=NCC)OCc1ccccc1. The molecule has 0 atom stereocenters. The van der Waals surface area contributed by atoms with Gasteiger partial charge in [-0.1, -0.05) is 30.3 Å². The predicted octanol–water partition coefficient (Wildman–Crippen LogP) is 3.20. The van der Waals surface area contributed by atoms with E-state index in [0.29, 0.717) is 6.61 Å². The number of rotatable bonds is 5. The maximum Gasteiger partial charge on any atom is 0.133 e. The van der Waals surface area contributed by atoms with Crippen molar-refractivity contribution < 1.29 is 4.74 Å². The number of aliphatic imine (C=N–C) groups is 1. The van der Waals surface area contributed by atoms with E-state index in [2.05, 4.69) is 4.99 Å². The highest BCUT2D eigenvalue weighted by Gasteiger charge is 1.94. The Hall–Kier alpha value is -1.57. The molecule has 1 aromatic carbocycles. The van der Waals surface area contributed by atoms with Gasteiger partial charge in [-0.2, -0.15) is 0 Å². The minimum atomic E-state index is 0.593. The van der Waals surface area contributed by atoms with E-state index in [-0.39, 0.29) is 0 Å². The van der Waals surface area contributed by atoms with Crippen LogP contribution in [0.15, 0.2) is 47.2 Å². The summed E-state index contributed by atoms with van der Waals surface area (Å²) in [6.07, 6.45) is 3.69. The third-order valence-electron chi connectivity index (χ3n) is 1.93. The van der Waals surface area contributed by atoms with Crippen LogP contribution in [-0.4, -0.2) is 12.8 Å². The minimum Gasteiger partial charge on any atom is -0.488 e. The molecule has 0 saturated heterocycles. The number of allylic oxidation sites excluding steroid dienone is 2. The van der Waals surface area contributed by atoms with Gasteiger partial charge in [0, 0.05) is 6.54 Å². The van der Waals surface area contributed by atoms with E-state index in [0.717, 1.165) is 12.3 Å². The third-order valence-corrected chi connectivity index (χ3v) is 1.93. The van der Waals surface area contributed by atoms with Gasteiger partial charge in [0.05, 0.1) is 6.21 Å². The molecule has 0 fully saturated rings. The van der Waals surface area contributed by atoms with Crippen LogP contribution in [0.5, 0.6) is 0 Å². The topological polar surface area (TPSA) is 21.6 Å². The molecule has 0 spiro atoms. The quantitative estimate of drug-likeness (QED) is 0.532. The normalized spacial score (nSPS) is 12.0. The molecule has 0 aliphatic rings. The van der Waals surface area contributed by atoms with Gasteiger partial charge in [-0.3, -0.25) is 4.99 Å². The summed E-state index contributed by atoms with van der Waals surface area (Å²) in [6.45, 7) is 5.32. The standard InChI is InChI=1S/C13H17NO/c1-3-13(10-14-4-2)15-11-12-8-6-5-7-9-12/h3,5-10H,4,11H2,1-2H3/b13-3+,14-10?. The van der Waals surface area contributed by atoms with E-state index >= 15 is 0 Å². The van der Waals surface area contributed by atoms with Gasteiger partial charge in [-0.05, 0) is 25.5 Å². The van der Waals surface area contributed by atoms with E-state index in [9.17, 15) is 0 Å². The third kappa shape index (κ3) is 4.45. The Morgan fingerprint density at radius 3 is 2.67 bits per heavy atom. The van der Waals surface area contributed by atoms with E-state index in [1.165, 1.54) is 5.56 Å². The van der Waals surface area contributed by atoms with Crippen LogP contribution in [0.4, 0.5) is 0 Å². The first kappa shape index (κ1) is 11.5. The molecule has 0 aliphatic heterocycles. The molecule has 0 unspecified atom stereocenters. The van der Waals surface area contributed by atoms with Gasteiger partial charge in [0.1, 0.15) is 12.4 Å². The van der Waals surface area contributed by atoms with Crippen LogP contribution in [0, 0.1) is 0 Å². The summed E-state index contributed by atoms with van der Waals surface area (Å²) >= 11 is 0. The highest BCUT2D eigenvalue weighted by molar-refractivity contribution is 5.75. The highest BCUT2D eigenvalue weighted by Crippen LogP contribution is 2.04.